The van der Waals surface area contributed by atoms with Gasteiger partial charge in [-0.15, -0.1) is 0 Å². The van der Waals surface area contributed by atoms with Gasteiger partial charge in [-0.2, -0.15) is 5.26 Å². The molecular weight excluding hydrogens is 915 g/mol. The van der Waals surface area contributed by atoms with Gasteiger partial charge in [-0.3, -0.25) is 0 Å². The van der Waals surface area contributed by atoms with Crippen molar-refractivity contribution in [3.8, 4) is 6.07 Å². The Kier molecular flexibility index (Phi) is 41.8. The van der Waals surface area contributed by atoms with Gasteiger partial charge in [0.25, 0.3) is 0 Å². The largest absolute Gasteiger partial charge is 0.198 e. The first-order chi connectivity index (χ1) is 36.1. The third kappa shape index (κ3) is 140. The average molecular weight is 1100 g/mol. The molecule has 76 heavy (non-hydrogen) atoms. The van der Waals surface area contributed by atoms with Crippen LogP contribution in [-0.2, 0) is 0 Å². The maximum atomic E-state index is 8.15. The zero-order valence-electron chi connectivity index (χ0n) is 74.7. The average Bonchev–Trinajstić information content (AvgIpc) is 3.08. The summed E-state index contributed by atoms with van der Waals surface area (Å²) < 4.78 is 81.2. The van der Waals surface area contributed by atoms with Crippen molar-refractivity contribution in [3.63, 3.8) is 0 Å². The fraction of sp³-hybridized carbons (Fsp3) is 0.987. The number of rotatable bonds is 3. The number of hydrogen-bond donors (Lipinski definition) is 0. The lowest BCUT2D eigenvalue weighted by Crippen LogP contribution is -2.25. The minimum absolute atomic E-state index is 0.0845. The first-order valence-electron chi connectivity index (χ1n) is 35.5. The summed E-state index contributed by atoms with van der Waals surface area (Å²) in [7, 11) is 0. The normalized spacial score (nSPS) is 17.0. The summed E-state index contributed by atoms with van der Waals surface area (Å²) in [4.78, 5) is 0. The molecule has 0 saturated carbocycles. The van der Waals surface area contributed by atoms with E-state index in [4.69, 9.17) is 20.3 Å². The van der Waals surface area contributed by atoms with E-state index >= 15 is 0 Å². The van der Waals surface area contributed by atoms with Crippen molar-refractivity contribution in [3.05, 3.63) is 0 Å². The zero-order valence-corrected chi connectivity index (χ0v) is 63.7. The van der Waals surface area contributed by atoms with Crippen LogP contribution >= 0.6 is 0 Å². The van der Waals surface area contributed by atoms with Crippen molar-refractivity contribution in [1.29, 1.82) is 5.26 Å². The smallest absolute Gasteiger partial charge is 0.0680 e. The standard InChI is InChI=1S/2C9H20.3C8H18.2C7H16.C5H9N.2C5H12.C4H10/c1-8(2,3)7-9(4,5)6;1-7(2)8(3)9(4,5)6;1-7(2)6-8(3,4)5;1-7(2,3)8(4,5)6;1-6-7(2)8(3,4)5;2*1-6(2)7(3,4)5;1-5(2,3)4-6;2*1-5(2,3)4;1-4(2)3/h7H2,1-6H3;7-8H,1-6H3;7H,6H2,1-5H3;1-6H3;7H,6H2,1-5H3;2*6H,1-5H3;1-3H3;2*1-4H3;4H,1-3H3/i;8D;;;2D3,6D2,7D;6D;;;1D3;;. The fourth-order valence-electron chi connectivity index (χ4n) is 4.06. The van der Waals surface area contributed by atoms with Crippen molar-refractivity contribution < 1.29 is 15.1 Å². The summed E-state index contributed by atoms with van der Waals surface area (Å²) >= 11 is 0. The molecule has 474 valence electrons. The van der Waals surface area contributed by atoms with Crippen LogP contribution in [0.4, 0.5) is 0 Å². The molecule has 2 unspecified atom stereocenters. The maximum Gasteiger partial charge on any atom is 0.0680 e. The van der Waals surface area contributed by atoms with Crippen LogP contribution in [0, 0.1) is 118 Å². The minimum Gasteiger partial charge on any atom is -0.198 e. The van der Waals surface area contributed by atoms with Crippen molar-refractivity contribution in [2.75, 3.05) is 0 Å². The molecule has 0 rings (SSSR count). The Balaban J connectivity index is -0.0000000822. The van der Waals surface area contributed by atoms with E-state index < -0.39 is 36.8 Å². The highest BCUT2D eigenvalue weighted by Gasteiger charge is 2.27. The Morgan fingerprint density at radius 2 is 0.645 bits per heavy atom. The van der Waals surface area contributed by atoms with E-state index in [0.717, 1.165) is 24.7 Å². The molecule has 0 spiro atoms. The van der Waals surface area contributed by atoms with Crippen LogP contribution in [0.25, 0.3) is 0 Å². The van der Waals surface area contributed by atoms with E-state index in [0.29, 0.717) is 43.8 Å². The summed E-state index contributed by atoms with van der Waals surface area (Å²) in [5, 5.41) is 8.15. The molecule has 0 aromatic rings. The van der Waals surface area contributed by atoms with Gasteiger partial charge >= 0.3 is 0 Å². The van der Waals surface area contributed by atoms with Gasteiger partial charge in [0, 0.05) is 20.5 Å². The molecule has 0 aromatic heterocycles. The Morgan fingerprint density at radius 3 is 0.645 bits per heavy atom. The summed E-state index contributed by atoms with van der Waals surface area (Å²) in [6, 6.07) is 2.10. The molecule has 0 radical (unpaired) electrons. The van der Waals surface area contributed by atoms with Crippen LogP contribution < -0.4 is 0 Å². The summed E-state index contributed by atoms with van der Waals surface area (Å²) in [5.41, 5.74) is 1.89. The predicted octanol–water partition coefficient (Wildman–Crippen LogP) is 28.7. The SMILES string of the molecule is CC(C)(C)C.CC(C)(C)C#N.CC(C)(C)C(C)(C)C.CC(C)(C)CC(C)(C)C.CC(C)C.CC(C)C(C)(C)C.CC(C)CC(C)(C)C.[2H]C(C)(C(C)C)C(C)(C)C.[2H]C(C)(C)C(C)(C)C.[2H]C([2H])([2H])C(C)(C)C.[2H]C([2H])([2H])C([2H])(C([2H])([2H])C)C(C)(C)C. The Morgan fingerprint density at radius 1 is 0.421 bits per heavy atom. The third-order valence-corrected chi connectivity index (χ3v) is 10.9. The first kappa shape index (κ1) is 73.5. The Labute approximate surface area is 510 Å². The molecule has 0 fully saturated rings. The second kappa shape index (κ2) is 43.2. The molecule has 0 N–H and O–H groups in total. The van der Waals surface area contributed by atoms with Crippen LogP contribution in [-0.4, -0.2) is 0 Å². The molecule has 0 bridgehead atoms. The highest BCUT2D eigenvalue weighted by Crippen LogP contribution is 2.37. The van der Waals surface area contributed by atoms with E-state index in [1.807, 2.05) is 41.5 Å². The van der Waals surface area contributed by atoms with Crippen LogP contribution in [0.2, 0.25) is 0 Å². The monoisotopic (exact) mass is 1100 g/mol. The predicted molar refractivity (Wildman–Crippen MR) is 368 cm³/mol. The van der Waals surface area contributed by atoms with Crippen LogP contribution in [0.5, 0.6) is 0 Å². The van der Waals surface area contributed by atoms with E-state index in [9.17, 15) is 0 Å². The topological polar surface area (TPSA) is 23.8 Å². The number of nitriles is 1. The molecular formula is C75H169N. The third-order valence-electron chi connectivity index (χ3n) is 10.9. The van der Waals surface area contributed by atoms with E-state index in [1.165, 1.54) is 12.8 Å². The molecule has 1 nitrogen and oxygen atoms in total. The number of hydrogen-bond acceptors (Lipinski definition) is 1. The highest BCUT2D eigenvalue weighted by molar-refractivity contribution is 4.86. The first-order valence-corrected chi connectivity index (χ1v) is 30.0. The Hall–Kier alpha value is -0.510. The van der Waals surface area contributed by atoms with E-state index in [2.05, 4.69) is 262 Å². The van der Waals surface area contributed by atoms with Gasteiger partial charge in [-0.25, -0.2) is 0 Å². The quantitative estimate of drug-likeness (QED) is 0.276. The van der Waals surface area contributed by atoms with Crippen molar-refractivity contribution in [2.45, 2.75) is 379 Å². The van der Waals surface area contributed by atoms with Crippen molar-refractivity contribution >= 4 is 0 Å². The molecule has 0 aromatic carbocycles. The molecule has 0 saturated heterocycles. The van der Waals surface area contributed by atoms with Crippen LogP contribution in [0.3, 0.4) is 0 Å². The molecule has 0 aliphatic heterocycles. The van der Waals surface area contributed by atoms with Gasteiger partial charge in [-0.05, 0) is 135 Å². The lowest BCUT2D eigenvalue weighted by atomic mass is 9.71. The molecule has 0 amide bonds. The van der Waals surface area contributed by atoms with Gasteiger partial charge in [0.2, 0.25) is 0 Å². The van der Waals surface area contributed by atoms with Crippen molar-refractivity contribution in [1.82, 2.24) is 0 Å². The van der Waals surface area contributed by atoms with Gasteiger partial charge in [0.1, 0.15) is 0 Å². The van der Waals surface area contributed by atoms with Crippen LogP contribution in [0.15, 0.2) is 0 Å². The lowest BCUT2D eigenvalue weighted by Gasteiger charge is -2.34. The van der Waals surface area contributed by atoms with Gasteiger partial charge in [0.05, 0.1) is 6.07 Å². The van der Waals surface area contributed by atoms with E-state index in [1.54, 1.807) is 41.5 Å². The second-order valence-corrected chi connectivity index (χ2v) is 37.0. The zero-order chi connectivity index (χ0) is 75.4. The molecule has 0 aliphatic rings. The minimum atomic E-state index is -2.64. The molecule has 0 aliphatic carbocycles. The molecule has 0 heterocycles. The summed E-state index contributed by atoms with van der Waals surface area (Å²) in [6.07, 6.45) is 0.545. The van der Waals surface area contributed by atoms with Gasteiger partial charge < -0.3 is 0 Å². The summed E-state index contributed by atoms with van der Waals surface area (Å²) in [6.45, 7) is 100. The molecule has 1 heteroatoms. The summed E-state index contributed by atoms with van der Waals surface area (Å²) in [5.74, 6) is 0.169. The molecule has 2 atom stereocenters. The van der Waals surface area contributed by atoms with Crippen LogP contribution in [0.1, 0.15) is 394 Å². The number of nitrogens with zero attached hydrogens (tertiary/aromatic N) is 1. The van der Waals surface area contributed by atoms with Gasteiger partial charge in [-0.1, -0.05) is 345 Å². The van der Waals surface area contributed by atoms with Crippen molar-refractivity contribution in [2.24, 2.45) is 106 Å². The Bertz CT molecular complexity index is 1520. The maximum absolute atomic E-state index is 8.15. The second-order valence-electron chi connectivity index (χ2n) is 37.0. The highest BCUT2D eigenvalue weighted by atomic mass is 14.3. The lowest BCUT2D eigenvalue weighted by molar-refractivity contribution is 0.157. The fourth-order valence-corrected chi connectivity index (χ4v) is 4.06. The van der Waals surface area contributed by atoms with E-state index in [-0.39, 0.29) is 28.0 Å². The van der Waals surface area contributed by atoms with Gasteiger partial charge in [0.15, 0.2) is 0 Å².